The van der Waals surface area contributed by atoms with E-state index < -0.39 is 37.5 Å². The average molecular weight is 465 g/mol. The van der Waals surface area contributed by atoms with E-state index in [-0.39, 0.29) is 28.8 Å². The molecule has 3 N–H and O–H groups in total. The molecule has 0 bridgehead atoms. The molecule has 0 aliphatic heterocycles. The molecule has 0 saturated heterocycles. The first-order valence-corrected chi connectivity index (χ1v) is 14.9. The van der Waals surface area contributed by atoms with Gasteiger partial charge in [-0.1, -0.05) is 67.7 Å². The zero-order valence-corrected chi connectivity index (χ0v) is 20.4. The number of aliphatic hydroxyl groups excluding tert-OH is 2. The predicted octanol–water partition coefficient (Wildman–Crippen LogP) is 3.35. The first-order chi connectivity index (χ1) is 15.5. The number of aliphatic hydroxyl groups is 3. The predicted molar refractivity (Wildman–Crippen MR) is 129 cm³/mol. The number of carbonyl (C=O) groups is 2. The quantitative estimate of drug-likeness (QED) is 0.584. The average Bonchev–Trinajstić information content (AvgIpc) is 2.78. The van der Waals surface area contributed by atoms with Crippen LogP contribution in [0.1, 0.15) is 32.6 Å². The number of Topliss-reactive ketones (excluding diaryl/α,β-unsaturated/α-hetero) is 2. The molecule has 4 aliphatic rings. The van der Waals surface area contributed by atoms with Crippen LogP contribution in [-0.4, -0.2) is 46.7 Å². The van der Waals surface area contributed by atoms with E-state index in [1.165, 1.54) is 11.3 Å². The van der Waals surface area contributed by atoms with Crippen molar-refractivity contribution in [2.45, 2.75) is 62.4 Å². The van der Waals surface area contributed by atoms with Gasteiger partial charge < -0.3 is 15.3 Å². The Morgan fingerprint density at radius 2 is 1.79 bits per heavy atom. The summed E-state index contributed by atoms with van der Waals surface area (Å²) in [6.07, 6.45) is 5.34. The van der Waals surface area contributed by atoms with Crippen molar-refractivity contribution in [1.29, 1.82) is 0 Å². The Balaban J connectivity index is 1.55. The molecule has 6 atom stereocenters. The summed E-state index contributed by atoms with van der Waals surface area (Å²) in [5.74, 6) is -2.79. The lowest BCUT2D eigenvalue weighted by Gasteiger charge is -2.58. The van der Waals surface area contributed by atoms with Gasteiger partial charge in [-0.2, -0.15) is 0 Å². The van der Waals surface area contributed by atoms with Gasteiger partial charge in [0.15, 0.2) is 11.6 Å². The summed E-state index contributed by atoms with van der Waals surface area (Å²) < 4.78 is 0. The highest BCUT2D eigenvalue weighted by Crippen LogP contribution is 2.60. The molecule has 0 aromatic heterocycles. The van der Waals surface area contributed by atoms with Crippen LogP contribution in [0.5, 0.6) is 0 Å². The summed E-state index contributed by atoms with van der Waals surface area (Å²) in [7, 11) is -2.06. The second-order valence-corrected chi connectivity index (χ2v) is 16.2. The van der Waals surface area contributed by atoms with E-state index in [1.54, 1.807) is 12.2 Å². The van der Waals surface area contributed by atoms with Gasteiger partial charge in [0.05, 0.1) is 31.6 Å². The van der Waals surface area contributed by atoms with Crippen molar-refractivity contribution in [3.05, 3.63) is 65.5 Å². The third kappa shape index (κ3) is 3.04. The Morgan fingerprint density at radius 3 is 2.48 bits per heavy atom. The van der Waals surface area contributed by atoms with Gasteiger partial charge >= 0.3 is 0 Å². The van der Waals surface area contributed by atoms with Crippen LogP contribution in [0.3, 0.4) is 0 Å². The molecule has 0 amide bonds. The zero-order valence-electron chi connectivity index (χ0n) is 19.4. The number of allylic oxidation sites excluding steroid dienone is 4. The molecule has 0 heterocycles. The van der Waals surface area contributed by atoms with E-state index in [1.807, 2.05) is 18.2 Å². The zero-order chi connectivity index (χ0) is 23.8. The molecule has 4 aliphatic carbocycles. The van der Waals surface area contributed by atoms with Crippen molar-refractivity contribution in [1.82, 2.24) is 0 Å². The number of ketones is 2. The fourth-order valence-electron chi connectivity index (χ4n) is 6.85. The van der Waals surface area contributed by atoms with Crippen LogP contribution in [-0.2, 0) is 9.59 Å². The smallest absolute Gasteiger partial charge is 0.171 e. The Kier molecular flexibility index (Phi) is 5.02. The summed E-state index contributed by atoms with van der Waals surface area (Å²) >= 11 is 0. The highest BCUT2D eigenvalue weighted by molar-refractivity contribution is 6.92. The summed E-state index contributed by atoms with van der Waals surface area (Å²) in [4.78, 5) is 26.9. The van der Waals surface area contributed by atoms with Gasteiger partial charge in [-0.3, -0.25) is 9.59 Å². The minimum atomic E-state index is -2.06. The Bertz CT molecular complexity index is 1120. The van der Waals surface area contributed by atoms with Gasteiger partial charge in [-0.25, -0.2) is 0 Å². The van der Waals surface area contributed by atoms with E-state index in [0.717, 1.165) is 6.42 Å². The van der Waals surface area contributed by atoms with Crippen LogP contribution in [0, 0.1) is 17.8 Å². The lowest BCUT2D eigenvalue weighted by molar-refractivity contribution is -0.150. The van der Waals surface area contributed by atoms with Gasteiger partial charge in [0, 0.05) is 23.5 Å². The molecule has 0 spiro atoms. The maximum Gasteiger partial charge on any atom is 0.171 e. The van der Waals surface area contributed by atoms with Crippen LogP contribution < -0.4 is 5.19 Å². The van der Waals surface area contributed by atoms with Crippen molar-refractivity contribution in [2.75, 3.05) is 0 Å². The molecule has 33 heavy (non-hydrogen) atoms. The minimum Gasteiger partial charge on any atom is -0.512 e. The van der Waals surface area contributed by atoms with Crippen molar-refractivity contribution in [3.63, 3.8) is 0 Å². The number of carbonyl (C=O) groups excluding carboxylic acids is 2. The molecule has 5 nitrogen and oxygen atoms in total. The van der Waals surface area contributed by atoms with E-state index in [0.29, 0.717) is 24.0 Å². The van der Waals surface area contributed by atoms with Gasteiger partial charge in [0.25, 0.3) is 0 Å². The number of fused-ring (bicyclic) bond motifs is 3. The van der Waals surface area contributed by atoms with Gasteiger partial charge in [-0.05, 0) is 30.4 Å². The number of hydrogen-bond acceptors (Lipinski definition) is 5. The lowest BCUT2D eigenvalue weighted by atomic mass is 9.56. The van der Waals surface area contributed by atoms with Gasteiger partial charge in [-0.15, -0.1) is 0 Å². The van der Waals surface area contributed by atoms with Crippen LogP contribution >= 0.6 is 0 Å². The molecule has 0 radical (unpaired) electrons. The van der Waals surface area contributed by atoms with Crippen LogP contribution in [0.25, 0.3) is 0 Å². The minimum absolute atomic E-state index is 0.0451. The van der Waals surface area contributed by atoms with Gasteiger partial charge in [0.2, 0.25) is 0 Å². The largest absolute Gasteiger partial charge is 0.512 e. The molecule has 1 aromatic carbocycles. The number of hydrogen-bond donors (Lipinski definition) is 3. The summed E-state index contributed by atoms with van der Waals surface area (Å²) in [5.41, 5.74) is -0.749. The van der Waals surface area contributed by atoms with Crippen LogP contribution in [0.2, 0.25) is 18.1 Å². The molecule has 6 heteroatoms. The molecule has 1 fully saturated rings. The van der Waals surface area contributed by atoms with Crippen molar-refractivity contribution >= 4 is 24.8 Å². The van der Waals surface area contributed by atoms with E-state index >= 15 is 0 Å². The third-order valence-electron chi connectivity index (χ3n) is 9.33. The summed E-state index contributed by atoms with van der Waals surface area (Å²) in [6, 6.07) is 10.4. The van der Waals surface area contributed by atoms with E-state index in [4.69, 9.17) is 0 Å². The van der Waals surface area contributed by atoms with Crippen LogP contribution in [0.15, 0.2) is 65.5 Å². The highest BCUT2D eigenvalue weighted by atomic mass is 28.3. The molecule has 174 valence electrons. The molecule has 6 unspecified atom stereocenters. The second kappa shape index (κ2) is 7.36. The van der Waals surface area contributed by atoms with Gasteiger partial charge in [0.1, 0.15) is 5.76 Å². The normalized spacial score (nSPS) is 38.4. The monoisotopic (exact) mass is 464 g/mol. The highest BCUT2D eigenvalue weighted by Gasteiger charge is 2.62. The maximum absolute atomic E-state index is 13.6. The van der Waals surface area contributed by atoms with Crippen molar-refractivity contribution in [3.8, 4) is 0 Å². The Labute approximate surface area is 195 Å². The fraction of sp³-hybridized carbons (Fsp3) is 0.481. The van der Waals surface area contributed by atoms with Crippen molar-refractivity contribution in [2.24, 2.45) is 17.8 Å². The lowest BCUT2D eigenvalue weighted by Crippen LogP contribution is -2.64. The molecule has 1 saturated carbocycles. The SMILES string of the molecule is CC1([Si](C)(C)c2ccccc2)CCC2C3=C(CC(O)C2(O)C1)C(=O)C1C(O)=CC=CC1C3=O. The standard InChI is InChI=1S/C27H32O5Si/c1-26(33(2,3)16-8-5-4-6-9-16)13-12-19-22-18(14-21(29)27(19,32)15-26)25(31)23-17(24(22)30)10-7-11-20(23)28/h4-11,17,19,21,23,28-29,32H,12-15H2,1-3H3. The number of benzene rings is 1. The maximum atomic E-state index is 13.6. The first-order valence-electron chi connectivity index (χ1n) is 11.9. The Morgan fingerprint density at radius 1 is 1.09 bits per heavy atom. The molecule has 1 aromatic rings. The van der Waals surface area contributed by atoms with Crippen LogP contribution in [0.4, 0.5) is 0 Å². The summed E-state index contributed by atoms with van der Waals surface area (Å²) in [5, 5.41) is 34.6. The van der Waals surface area contributed by atoms with Crippen molar-refractivity contribution < 1.29 is 24.9 Å². The first kappa shape index (κ1) is 22.5. The molecule has 5 rings (SSSR count). The topological polar surface area (TPSA) is 94.8 Å². The molecular formula is C27H32O5Si. The third-order valence-corrected chi connectivity index (χ3v) is 14.5. The molecular weight excluding hydrogens is 432 g/mol. The summed E-state index contributed by atoms with van der Waals surface area (Å²) in [6.45, 7) is 6.84. The van der Waals surface area contributed by atoms with E-state index in [9.17, 15) is 24.9 Å². The fourth-order valence-corrected chi connectivity index (χ4v) is 10.1. The Hall–Kier alpha value is -2.28. The second-order valence-electron chi connectivity index (χ2n) is 11.1. The van der Waals surface area contributed by atoms with E-state index in [2.05, 4.69) is 32.2 Å². The number of rotatable bonds is 2.